The molecular formula is C10H12N2O2. The number of hydrogen-bond donors (Lipinski definition) is 2. The van der Waals surface area contributed by atoms with Crippen LogP contribution in [0.3, 0.4) is 0 Å². The average Bonchev–Trinajstić information content (AvgIpc) is 2.15. The maximum Gasteiger partial charge on any atom is 0.267 e. The van der Waals surface area contributed by atoms with Gasteiger partial charge in [-0.1, -0.05) is 12.1 Å². The number of anilines is 1. The molecule has 0 unspecified atom stereocenters. The highest BCUT2D eigenvalue weighted by molar-refractivity contribution is 5.91. The minimum atomic E-state index is -0.310. The zero-order chi connectivity index (χ0) is 10.4. The van der Waals surface area contributed by atoms with Crippen LogP contribution in [-0.2, 0) is 9.63 Å². The number of nitrogens with one attached hydrogen (secondary N) is 1. The lowest BCUT2D eigenvalue weighted by Gasteiger charge is -1.96. The molecule has 0 aromatic heterocycles. The van der Waals surface area contributed by atoms with Crippen LogP contribution in [0.5, 0.6) is 0 Å². The predicted octanol–water partition coefficient (Wildman–Crippen LogP) is 0.960. The van der Waals surface area contributed by atoms with Gasteiger partial charge >= 0.3 is 0 Å². The monoisotopic (exact) mass is 192 g/mol. The quantitative estimate of drug-likeness (QED) is 0.426. The molecule has 0 aliphatic rings. The van der Waals surface area contributed by atoms with Crippen molar-refractivity contribution in [2.75, 3.05) is 12.8 Å². The first-order valence-corrected chi connectivity index (χ1v) is 4.09. The highest BCUT2D eigenvalue weighted by Gasteiger charge is 1.92. The van der Waals surface area contributed by atoms with Gasteiger partial charge in [0.2, 0.25) is 0 Å². The van der Waals surface area contributed by atoms with Crippen molar-refractivity contribution in [3.05, 3.63) is 35.9 Å². The van der Waals surface area contributed by atoms with Crippen molar-refractivity contribution in [2.24, 2.45) is 0 Å². The number of rotatable bonds is 3. The third-order valence-electron chi connectivity index (χ3n) is 1.54. The maximum atomic E-state index is 10.9. The van der Waals surface area contributed by atoms with Gasteiger partial charge in [0.1, 0.15) is 0 Å². The molecule has 0 saturated heterocycles. The summed E-state index contributed by atoms with van der Waals surface area (Å²) in [6.07, 6.45) is 3.03. The standard InChI is InChI=1S/C10H12N2O2/c1-14-12-10(13)6-5-8-3-2-4-9(11)7-8/h2-7H,11H2,1H3,(H,12,13)/b6-5+. The summed E-state index contributed by atoms with van der Waals surface area (Å²) in [7, 11) is 1.38. The Balaban J connectivity index is 2.64. The molecule has 1 rings (SSSR count). The summed E-state index contributed by atoms with van der Waals surface area (Å²) in [6.45, 7) is 0. The fraction of sp³-hybridized carbons (Fsp3) is 0.100. The van der Waals surface area contributed by atoms with E-state index in [0.29, 0.717) is 5.69 Å². The lowest BCUT2D eigenvalue weighted by atomic mass is 10.2. The molecule has 0 bridgehead atoms. The fourth-order valence-electron chi connectivity index (χ4n) is 0.969. The number of carbonyl (C=O) groups is 1. The Labute approximate surface area is 82.3 Å². The Morgan fingerprint density at radius 2 is 2.36 bits per heavy atom. The van der Waals surface area contributed by atoms with Gasteiger partial charge < -0.3 is 5.73 Å². The van der Waals surface area contributed by atoms with Crippen molar-refractivity contribution in [2.45, 2.75) is 0 Å². The van der Waals surface area contributed by atoms with Crippen LogP contribution in [0.15, 0.2) is 30.3 Å². The van der Waals surface area contributed by atoms with Gasteiger partial charge in [-0.15, -0.1) is 0 Å². The van der Waals surface area contributed by atoms with E-state index in [2.05, 4.69) is 10.3 Å². The molecule has 0 fully saturated rings. The second-order valence-corrected chi connectivity index (χ2v) is 2.67. The second kappa shape index (κ2) is 5.04. The zero-order valence-electron chi connectivity index (χ0n) is 7.86. The van der Waals surface area contributed by atoms with E-state index in [9.17, 15) is 4.79 Å². The number of amides is 1. The molecule has 0 aliphatic carbocycles. The number of carbonyl (C=O) groups excluding carboxylic acids is 1. The molecule has 4 nitrogen and oxygen atoms in total. The summed E-state index contributed by atoms with van der Waals surface area (Å²) in [6, 6.07) is 7.24. The van der Waals surface area contributed by atoms with Crippen molar-refractivity contribution < 1.29 is 9.63 Å². The number of nitrogen functional groups attached to an aromatic ring is 1. The van der Waals surface area contributed by atoms with Crippen molar-refractivity contribution in [3.63, 3.8) is 0 Å². The molecule has 3 N–H and O–H groups in total. The molecule has 0 saturated carbocycles. The van der Waals surface area contributed by atoms with Crippen molar-refractivity contribution in [1.29, 1.82) is 0 Å². The normalized spacial score (nSPS) is 10.4. The molecule has 74 valence electrons. The average molecular weight is 192 g/mol. The van der Waals surface area contributed by atoms with E-state index in [4.69, 9.17) is 5.73 Å². The molecule has 1 aromatic carbocycles. The van der Waals surface area contributed by atoms with Crippen LogP contribution in [0.4, 0.5) is 5.69 Å². The summed E-state index contributed by atoms with van der Waals surface area (Å²) in [5, 5.41) is 0. The zero-order valence-corrected chi connectivity index (χ0v) is 7.86. The third-order valence-corrected chi connectivity index (χ3v) is 1.54. The fourth-order valence-corrected chi connectivity index (χ4v) is 0.969. The van der Waals surface area contributed by atoms with Gasteiger partial charge in [0.05, 0.1) is 7.11 Å². The highest BCUT2D eigenvalue weighted by Crippen LogP contribution is 2.07. The van der Waals surface area contributed by atoms with E-state index in [1.54, 1.807) is 18.2 Å². The minimum absolute atomic E-state index is 0.310. The molecule has 14 heavy (non-hydrogen) atoms. The van der Waals surface area contributed by atoms with Gasteiger partial charge in [-0.2, -0.15) is 0 Å². The highest BCUT2D eigenvalue weighted by atomic mass is 16.6. The van der Waals surface area contributed by atoms with Crippen LogP contribution in [0.1, 0.15) is 5.56 Å². The van der Waals surface area contributed by atoms with Crippen LogP contribution in [0.2, 0.25) is 0 Å². The number of benzene rings is 1. The van der Waals surface area contributed by atoms with Gasteiger partial charge in [-0.3, -0.25) is 9.63 Å². The van der Waals surface area contributed by atoms with E-state index in [-0.39, 0.29) is 5.91 Å². The summed E-state index contributed by atoms with van der Waals surface area (Å²) in [4.78, 5) is 15.4. The molecule has 0 spiro atoms. The minimum Gasteiger partial charge on any atom is -0.399 e. The first-order valence-electron chi connectivity index (χ1n) is 4.09. The Morgan fingerprint density at radius 3 is 3.00 bits per heavy atom. The van der Waals surface area contributed by atoms with Gasteiger partial charge in [0.25, 0.3) is 5.91 Å². The summed E-state index contributed by atoms with van der Waals surface area (Å²) in [5.74, 6) is -0.310. The van der Waals surface area contributed by atoms with Crippen LogP contribution in [0, 0.1) is 0 Å². The third kappa shape index (κ3) is 3.28. The molecule has 0 aliphatic heterocycles. The molecule has 0 atom stereocenters. The number of hydrogen-bond acceptors (Lipinski definition) is 3. The molecule has 0 heterocycles. The molecule has 4 heteroatoms. The number of hydroxylamine groups is 1. The van der Waals surface area contributed by atoms with E-state index < -0.39 is 0 Å². The lowest BCUT2D eigenvalue weighted by molar-refractivity contribution is -0.126. The van der Waals surface area contributed by atoms with Gasteiger partial charge in [-0.25, -0.2) is 5.48 Å². The Hall–Kier alpha value is -1.81. The van der Waals surface area contributed by atoms with Crippen LogP contribution in [0.25, 0.3) is 6.08 Å². The van der Waals surface area contributed by atoms with E-state index in [0.717, 1.165) is 5.56 Å². The van der Waals surface area contributed by atoms with Crippen LogP contribution >= 0.6 is 0 Å². The predicted molar refractivity (Wildman–Crippen MR) is 55.0 cm³/mol. The molecule has 0 radical (unpaired) electrons. The van der Waals surface area contributed by atoms with E-state index in [1.165, 1.54) is 13.2 Å². The summed E-state index contributed by atoms with van der Waals surface area (Å²) < 4.78 is 0. The van der Waals surface area contributed by atoms with Crippen molar-refractivity contribution in [1.82, 2.24) is 5.48 Å². The van der Waals surface area contributed by atoms with Gasteiger partial charge in [0, 0.05) is 11.8 Å². The first kappa shape index (κ1) is 10.3. The Bertz CT molecular complexity index is 348. The largest absolute Gasteiger partial charge is 0.399 e. The topological polar surface area (TPSA) is 64.3 Å². The summed E-state index contributed by atoms with van der Waals surface area (Å²) >= 11 is 0. The van der Waals surface area contributed by atoms with Crippen LogP contribution < -0.4 is 11.2 Å². The maximum absolute atomic E-state index is 10.9. The first-order chi connectivity index (χ1) is 6.72. The molecule has 1 aromatic rings. The van der Waals surface area contributed by atoms with E-state index >= 15 is 0 Å². The Morgan fingerprint density at radius 1 is 1.57 bits per heavy atom. The Kier molecular flexibility index (Phi) is 3.69. The van der Waals surface area contributed by atoms with Gasteiger partial charge in [0.15, 0.2) is 0 Å². The smallest absolute Gasteiger partial charge is 0.267 e. The molecule has 1 amide bonds. The lowest BCUT2D eigenvalue weighted by Crippen LogP contribution is -2.18. The number of nitrogens with two attached hydrogens (primary N) is 1. The van der Waals surface area contributed by atoms with Crippen molar-refractivity contribution in [3.8, 4) is 0 Å². The second-order valence-electron chi connectivity index (χ2n) is 2.67. The van der Waals surface area contributed by atoms with E-state index in [1.807, 2.05) is 12.1 Å². The summed E-state index contributed by atoms with van der Waals surface area (Å²) in [5.41, 5.74) is 9.28. The SMILES string of the molecule is CONC(=O)/C=C/c1cccc(N)c1. The van der Waals surface area contributed by atoms with Gasteiger partial charge in [-0.05, 0) is 23.8 Å². The van der Waals surface area contributed by atoms with Crippen LogP contribution in [-0.4, -0.2) is 13.0 Å². The molecular weight excluding hydrogens is 180 g/mol. The van der Waals surface area contributed by atoms with Crippen molar-refractivity contribution >= 4 is 17.7 Å².